The minimum Gasteiger partial charge on any atom is -0.389 e. The van der Waals surface area contributed by atoms with Crippen LogP contribution in [-0.4, -0.2) is 30.8 Å². The summed E-state index contributed by atoms with van der Waals surface area (Å²) in [6.45, 7) is 0. The van der Waals surface area contributed by atoms with E-state index in [1.54, 1.807) is 12.7 Å². The van der Waals surface area contributed by atoms with Gasteiger partial charge in [-0.2, -0.15) is 0 Å². The molecule has 6 heteroatoms. The van der Waals surface area contributed by atoms with Crippen molar-refractivity contribution in [2.24, 2.45) is 0 Å². The minimum atomic E-state index is -0.608. The first-order valence-corrected chi connectivity index (χ1v) is 7.71. The van der Waals surface area contributed by atoms with Crippen LogP contribution in [0.5, 0.6) is 0 Å². The van der Waals surface area contributed by atoms with E-state index in [1.165, 1.54) is 0 Å². The van der Waals surface area contributed by atoms with Crippen LogP contribution in [0, 0.1) is 0 Å². The first-order valence-electron chi connectivity index (χ1n) is 6.54. The molecule has 3 rings (SSSR count). The van der Waals surface area contributed by atoms with E-state index in [0.29, 0.717) is 6.42 Å². The average molecular weight is 357 g/mol. The summed E-state index contributed by atoms with van der Waals surface area (Å²) in [4.78, 5) is -0.482. The van der Waals surface area contributed by atoms with Crippen molar-refractivity contribution in [2.45, 2.75) is 36.3 Å². The molecule has 1 N–H and O–H groups in total. The Hall–Kier alpha value is -0.910. The molecule has 1 aliphatic rings. The van der Waals surface area contributed by atoms with Crippen molar-refractivity contribution in [1.82, 2.24) is 14.8 Å². The molecule has 4 nitrogen and oxygen atoms in total. The molecular weight excluding hydrogens is 342 g/mol. The highest BCUT2D eigenvalue weighted by atomic mass is 79.9. The van der Waals surface area contributed by atoms with Crippen molar-refractivity contribution < 1.29 is 5.11 Å². The zero-order valence-corrected chi connectivity index (χ0v) is 13.1. The lowest BCUT2D eigenvalue weighted by molar-refractivity contribution is 0.0999. The molecule has 0 saturated heterocycles. The zero-order chi connectivity index (χ0) is 14.2. The molecule has 1 saturated carbocycles. The normalized spacial score (nSPS) is 19.6. The van der Waals surface area contributed by atoms with Crippen LogP contribution in [0.1, 0.15) is 24.4 Å². The van der Waals surface area contributed by atoms with Crippen LogP contribution in [0.15, 0.2) is 41.4 Å². The third-order valence-electron chi connectivity index (χ3n) is 3.80. The van der Waals surface area contributed by atoms with Gasteiger partial charge in [-0.25, -0.2) is 0 Å². The summed E-state index contributed by atoms with van der Waals surface area (Å²) in [6, 6.07) is 7.94. The molecule has 0 amide bonds. The fraction of sp³-hybridized carbons (Fsp3) is 0.429. The Morgan fingerprint density at radius 1 is 1.25 bits per heavy atom. The molecule has 1 aromatic carbocycles. The maximum Gasteiger partial charge on any atom is 0.119 e. The van der Waals surface area contributed by atoms with E-state index < -0.39 is 11.0 Å². The smallest absolute Gasteiger partial charge is 0.119 e. The van der Waals surface area contributed by atoms with Gasteiger partial charge in [0.25, 0.3) is 0 Å². The van der Waals surface area contributed by atoms with Crippen LogP contribution in [-0.2, 0) is 6.42 Å². The van der Waals surface area contributed by atoms with Crippen molar-refractivity contribution in [2.75, 3.05) is 0 Å². The molecule has 0 spiro atoms. The van der Waals surface area contributed by atoms with Crippen LogP contribution in [0.4, 0.5) is 0 Å². The van der Waals surface area contributed by atoms with Gasteiger partial charge in [-0.15, -0.1) is 21.8 Å². The van der Waals surface area contributed by atoms with Crippen molar-refractivity contribution >= 4 is 27.5 Å². The van der Waals surface area contributed by atoms with Gasteiger partial charge in [0.1, 0.15) is 12.7 Å². The summed E-state index contributed by atoms with van der Waals surface area (Å²) in [5, 5.41) is 18.2. The Bertz CT molecular complexity index is 569. The quantitative estimate of drug-likeness (QED) is 0.838. The molecular formula is C14H15BrClN3O. The average Bonchev–Trinajstić information content (AvgIpc) is 2.99. The number of nitrogens with zero attached hydrogens (tertiary/aromatic N) is 3. The van der Waals surface area contributed by atoms with Gasteiger partial charge in [-0.1, -0.05) is 28.1 Å². The predicted molar refractivity (Wildman–Crippen MR) is 80.7 cm³/mol. The number of alkyl halides is 1. The second kappa shape index (κ2) is 5.47. The van der Waals surface area contributed by atoms with Gasteiger partial charge in [0.2, 0.25) is 0 Å². The summed E-state index contributed by atoms with van der Waals surface area (Å²) < 4.78 is 2.88. The summed E-state index contributed by atoms with van der Waals surface area (Å²) in [6.07, 6.45) is 5.07. The van der Waals surface area contributed by atoms with Gasteiger partial charge < -0.3 is 9.67 Å². The van der Waals surface area contributed by atoms with Gasteiger partial charge in [0.05, 0.1) is 17.0 Å². The standard InChI is InChI=1S/C14H15BrClN3O/c15-11-3-1-10(2-4-11)7-12(19-8-17-18-9-19)13(20)14(16)5-6-14/h1-4,8-9,12-13,20H,5-7H2/t12-,13-/m1/s1. The summed E-state index contributed by atoms with van der Waals surface area (Å²) in [5.41, 5.74) is 1.15. The van der Waals surface area contributed by atoms with Crippen LogP contribution >= 0.6 is 27.5 Å². The number of aliphatic hydroxyl groups is 1. The number of rotatable bonds is 5. The van der Waals surface area contributed by atoms with Gasteiger partial charge in [0.15, 0.2) is 0 Å². The van der Waals surface area contributed by atoms with E-state index >= 15 is 0 Å². The topological polar surface area (TPSA) is 50.9 Å². The molecule has 0 aliphatic heterocycles. The SMILES string of the molecule is O[C@H]([C@@H](Cc1ccc(Br)cc1)n1cnnc1)C1(Cl)CC1. The first kappa shape index (κ1) is 14.0. The molecule has 1 heterocycles. The highest BCUT2D eigenvalue weighted by Gasteiger charge is 2.50. The largest absolute Gasteiger partial charge is 0.389 e. The van der Waals surface area contributed by atoms with E-state index in [9.17, 15) is 5.11 Å². The molecule has 20 heavy (non-hydrogen) atoms. The van der Waals surface area contributed by atoms with Crippen molar-refractivity contribution in [1.29, 1.82) is 0 Å². The Morgan fingerprint density at radius 2 is 1.85 bits per heavy atom. The van der Waals surface area contributed by atoms with E-state index in [0.717, 1.165) is 22.9 Å². The molecule has 0 bridgehead atoms. The molecule has 0 unspecified atom stereocenters. The predicted octanol–water partition coefficient (Wildman–Crippen LogP) is 2.96. The Labute approximate surface area is 130 Å². The number of aliphatic hydroxyl groups excluding tert-OH is 1. The summed E-state index contributed by atoms with van der Waals surface area (Å²) in [5.74, 6) is 0. The Kier molecular flexibility index (Phi) is 3.84. The van der Waals surface area contributed by atoms with Crippen LogP contribution in [0.25, 0.3) is 0 Å². The second-order valence-electron chi connectivity index (χ2n) is 5.29. The molecule has 1 fully saturated rings. The van der Waals surface area contributed by atoms with Gasteiger partial charge in [-0.3, -0.25) is 0 Å². The number of benzene rings is 1. The van der Waals surface area contributed by atoms with E-state index in [1.807, 2.05) is 28.8 Å². The molecule has 1 aliphatic carbocycles. The highest BCUT2D eigenvalue weighted by molar-refractivity contribution is 9.10. The van der Waals surface area contributed by atoms with Gasteiger partial charge >= 0.3 is 0 Å². The fourth-order valence-electron chi connectivity index (χ4n) is 2.38. The number of hydrogen-bond donors (Lipinski definition) is 1. The van der Waals surface area contributed by atoms with Crippen LogP contribution in [0.2, 0.25) is 0 Å². The van der Waals surface area contributed by atoms with Crippen molar-refractivity contribution in [3.05, 3.63) is 47.0 Å². The van der Waals surface area contributed by atoms with Crippen molar-refractivity contribution in [3.63, 3.8) is 0 Å². The monoisotopic (exact) mass is 355 g/mol. The molecule has 1 aromatic heterocycles. The highest BCUT2D eigenvalue weighted by Crippen LogP contribution is 2.49. The minimum absolute atomic E-state index is 0.147. The molecule has 0 radical (unpaired) electrons. The third kappa shape index (κ3) is 2.90. The lowest BCUT2D eigenvalue weighted by atomic mass is 9.98. The van der Waals surface area contributed by atoms with E-state index in [-0.39, 0.29) is 6.04 Å². The van der Waals surface area contributed by atoms with Crippen LogP contribution in [0.3, 0.4) is 0 Å². The number of aromatic nitrogens is 3. The number of halogens is 2. The zero-order valence-electron chi connectivity index (χ0n) is 10.8. The second-order valence-corrected chi connectivity index (χ2v) is 6.95. The summed E-state index contributed by atoms with van der Waals surface area (Å²) in [7, 11) is 0. The van der Waals surface area contributed by atoms with Crippen molar-refractivity contribution in [3.8, 4) is 0 Å². The van der Waals surface area contributed by atoms with Crippen LogP contribution < -0.4 is 0 Å². The maximum atomic E-state index is 10.6. The first-order chi connectivity index (χ1) is 9.58. The van der Waals surface area contributed by atoms with E-state index in [2.05, 4.69) is 26.1 Å². The lowest BCUT2D eigenvalue weighted by Gasteiger charge is -2.27. The van der Waals surface area contributed by atoms with Gasteiger partial charge in [-0.05, 0) is 37.0 Å². The third-order valence-corrected chi connectivity index (χ3v) is 4.93. The lowest BCUT2D eigenvalue weighted by Crippen LogP contribution is -2.34. The molecule has 2 aromatic rings. The molecule has 2 atom stereocenters. The summed E-state index contributed by atoms with van der Waals surface area (Å²) >= 11 is 9.81. The maximum absolute atomic E-state index is 10.6. The van der Waals surface area contributed by atoms with Gasteiger partial charge in [0, 0.05) is 4.47 Å². The number of hydrogen-bond acceptors (Lipinski definition) is 3. The molecule has 106 valence electrons. The van der Waals surface area contributed by atoms with E-state index in [4.69, 9.17) is 11.6 Å². The Balaban J connectivity index is 1.84. The fourth-order valence-corrected chi connectivity index (χ4v) is 2.89. The Morgan fingerprint density at radius 3 is 2.40 bits per heavy atom.